The summed E-state index contributed by atoms with van der Waals surface area (Å²) in [6.07, 6.45) is -0.321. The fourth-order valence-electron chi connectivity index (χ4n) is 1.62. The van der Waals surface area contributed by atoms with Gasteiger partial charge in [-0.3, -0.25) is 0 Å². The summed E-state index contributed by atoms with van der Waals surface area (Å²) in [5.41, 5.74) is 1.09. The van der Waals surface area contributed by atoms with Crippen molar-refractivity contribution in [1.82, 2.24) is 5.32 Å². The van der Waals surface area contributed by atoms with E-state index >= 15 is 0 Å². The molecule has 74 valence electrons. The van der Waals surface area contributed by atoms with Crippen LogP contribution >= 0.6 is 0 Å². The molecule has 1 atom stereocenters. The molecule has 3 nitrogen and oxygen atoms in total. The Kier molecular flexibility index (Phi) is 2.15. The van der Waals surface area contributed by atoms with Crippen molar-refractivity contribution in [2.75, 3.05) is 13.2 Å². The number of carbonyl (C=O) groups excluding carboxylic acids is 1. The predicted octanol–water partition coefficient (Wildman–Crippen LogP) is 1.68. The van der Waals surface area contributed by atoms with Crippen molar-refractivity contribution in [2.45, 2.75) is 12.3 Å². The number of nitrogens with one attached hydrogen (secondary N) is 1. The standard InChI is InChI=1S/C11H13NO2/c1-11(7-12-10(13)14-8-11)9-5-3-2-4-6-9/h2-6H,7-8H2,1H3,(H,12,13). The number of amides is 1. The molecular weight excluding hydrogens is 178 g/mol. The highest BCUT2D eigenvalue weighted by atomic mass is 16.6. The van der Waals surface area contributed by atoms with E-state index in [2.05, 4.69) is 24.4 Å². The van der Waals surface area contributed by atoms with E-state index in [1.807, 2.05) is 18.2 Å². The maximum atomic E-state index is 10.8. The van der Waals surface area contributed by atoms with Gasteiger partial charge in [-0.1, -0.05) is 37.3 Å². The van der Waals surface area contributed by atoms with Crippen LogP contribution in [0, 0.1) is 0 Å². The van der Waals surface area contributed by atoms with Gasteiger partial charge < -0.3 is 10.1 Å². The number of cyclic esters (lactones) is 1. The summed E-state index contributed by atoms with van der Waals surface area (Å²) < 4.78 is 5.00. The van der Waals surface area contributed by atoms with Crippen molar-refractivity contribution in [3.8, 4) is 0 Å². The van der Waals surface area contributed by atoms with Gasteiger partial charge in [0.25, 0.3) is 0 Å². The second-order valence-corrected chi connectivity index (χ2v) is 3.86. The summed E-state index contributed by atoms with van der Waals surface area (Å²) in [7, 11) is 0. The second kappa shape index (κ2) is 3.33. The number of hydrogen-bond acceptors (Lipinski definition) is 2. The Balaban J connectivity index is 2.21. The van der Waals surface area contributed by atoms with Crippen molar-refractivity contribution in [2.24, 2.45) is 0 Å². The number of carbonyl (C=O) groups is 1. The van der Waals surface area contributed by atoms with Crippen molar-refractivity contribution in [3.63, 3.8) is 0 Å². The molecule has 0 aromatic heterocycles. The van der Waals surface area contributed by atoms with Crippen molar-refractivity contribution in [3.05, 3.63) is 35.9 Å². The third-order valence-electron chi connectivity index (χ3n) is 2.62. The molecule has 0 saturated carbocycles. The minimum Gasteiger partial charge on any atom is -0.449 e. The first kappa shape index (κ1) is 9.06. The van der Waals surface area contributed by atoms with Crippen LogP contribution in [0.4, 0.5) is 4.79 Å². The molecule has 0 bridgehead atoms. The Labute approximate surface area is 83.1 Å². The molecule has 1 aliphatic heterocycles. The van der Waals surface area contributed by atoms with E-state index in [0.717, 1.165) is 0 Å². The van der Waals surface area contributed by atoms with E-state index in [-0.39, 0.29) is 11.5 Å². The van der Waals surface area contributed by atoms with Crippen LogP contribution in [0.3, 0.4) is 0 Å². The van der Waals surface area contributed by atoms with Crippen LogP contribution in [-0.4, -0.2) is 19.2 Å². The topological polar surface area (TPSA) is 38.3 Å². The quantitative estimate of drug-likeness (QED) is 0.733. The van der Waals surface area contributed by atoms with E-state index < -0.39 is 0 Å². The fourth-order valence-corrected chi connectivity index (χ4v) is 1.62. The molecular formula is C11H13NO2. The molecule has 2 rings (SSSR count). The van der Waals surface area contributed by atoms with E-state index in [1.165, 1.54) is 5.56 Å². The predicted molar refractivity (Wildman–Crippen MR) is 53.1 cm³/mol. The van der Waals surface area contributed by atoms with Gasteiger partial charge >= 0.3 is 6.09 Å². The van der Waals surface area contributed by atoms with Gasteiger partial charge in [0.15, 0.2) is 0 Å². The van der Waals surface area contributed by atoms with E-state index in [1.54, 1.807) is 0 Å². The first-order chi connectivity index (χ1) is 6.71. The number of hydrogen-bond donors (Lipinski definition) is 1. The molecule has 1 N–H and O–H groups in total. The summed E-state index contributed by atoms with van der Waals surface area (Å²) >= 11 is 0. The minimum absolute atomic E-state index is 0.102. The SMILES string of the molecule is CC1(c2ccccc2)CNC(=O)OC1. The largest absolute Gasteiger partial charge is 0.449 e. The summed E-state index contributed by atoms with van der Waals surface area (Å²) in [6, 6.07) is 10.1. The zero-order chi connectivity index (χ0) is 10.0. The van der Waals surface area contributed by atoms with Crippen LogP contribution in [0.2, 0.25) is 0 Å². The van der Waals surface area contributed by atoms with Gasteiger partial charge in [0.1, 0.15) is 6.61 Å². The first-order valence-electron chi connectivity index (χ1n) is 4.67. The Morgan fingerprint density at radius 1 is 1.36 bits per heavy atom. The zero-order valence-corrected chi connectivity index (χ0v) is 8.12. The van der Waals surface area contributed by atoms with Gasteiger partial charge in [0.05, 0.1) is 0 Å². The highest BCUT2D eigenvalue weighted by Gasteiger charge is 2.32. The average Bonchev–Trinajstić information content (AvgIpc) is 2.24. The highest BCUT2D eigenvalue weighted by Crippen LogP contribution is 2.25. The van der Waals surface area contributed by atoms with Crippen molar-refractivity contribution < 1.29 is 9.53 Å². The number of ether oxygens (including phenoxy) is 1. The molecule has 1 saturated heterocycles. The van der Waals surface area contributed by atoms with Gasteiger partial charge in [0.2, 0.25) is 0 Å². The van der Waals surface area contributed by atoms with Gasteiger partial charge in [-0.25, -0.2) is 4.79 Å². The van der Waals surface area contributed by atoms with Gasteiger partial charge in [-0.05, 0) is 5.56 Å². The monoisotopic (exact) mass is 191 g/mol. The van der Waals surface area contributed by atoms with Crippen molar-refractivity contribution >= 4 is 6.09 Å². The average molecular weight is 191 g/mol. The fraction of sp³-hybridized carbons (Fsp3) is 0.364. The molecule has 1 aliphatic rings. The van der Waals surface area contributed by atoms with Crippen molar-refractivity contribution in [1.29, 1.82) is 0 Å². The molecule has 1 aromatic rings. The molecule has 0 radical (unpaired) electrons. The molecule has 1 unspecified atom stereocenters. The maximum absolute atomic E-state index is 10.8. The summed E-state index contributed by atoms with van der Waals surface area (Å²) in [4.78, 5) is 10.8. The lowest BCUT2D eigenvalue weighted by Crippen LogP contribution is -2.48. The number of benzene rings is 1. The smallest absolute Gasteiger partial charge is 0.407 e. The first-order valence-corrected chi connectivity index (χ1v) is 4.67. The molecule has 1 heterocycles. The summed E-state index contributed by atoms with van der Waals surface area (Å²) in [5.74, 6) is 0. The highest BCUT2D eigenvalue weighted by molar-refractivity contribution is 5.68. The Bertz CT molecular complexity index is 324. The van der Waals surface area contributed by atoms with E-state index in [0.29, 0.717) is 13.2 Å². The number of rotatable bonds is 1. The van der Waals surface area contributed by atoms with Crippen LogP contribution in [0.15, 0.2) is 30.3 Å². The van der Waals surface area contributed by atoms with Crippen LogP contribution in [0.1, 0.15) is 12.5 Å². The number of alkyl carbamates (subject to hydrolysis) is 1. The van der Waals surface area contributed by atoms with Gasteiger partial charge in [-0.15, -0.1) is 0 Å². The second-order valence-electron chi connectivity index (χ2n) is 3.86. The third-order valence-corrected chi connectivity index (χ3v) is 2.62. The van der Waals surface area contributed by atoms with Crippen LogP contribution in [0.5, 0.6) is 0 Å². The Morgan fingerprint density at radius 2 is 2.07 bits per heavy atom. The lowest BCUT2D eigenvalue weighted by atomic mass is 9.83. The zero-order valence-electron chi connectivity index (χ0n) is 8.12. The molecule has 14 heavy (non-hydrogen) atoms. The van der Waals surface area contributed by atoms with Crippen LogP contribution < -0.4 is 5.32 Å². The summed E-state index contributed by atoms with van der Waals surface area (Å²) in [6.45, 7) is 3.17. The minimum atomic E-state index is -0.321. The molecule has 1 amide bonds. The Hall–Kier alpha value is -1.51. The molecule has 3 heteroatoms. The van der Waals surface area contributed by atoms with Gasteiger partial charge in [0, 0.05) is 12.0 Å². The molecule has 0 aliphatic carbocycles. The normalized spacial score (nSPS) is 26.5. The molecule has 1 aromatic carbocycles. The Morgan fingerprint density at radius 3 is 2.64 bits per heavy atom. The maximum Gasteiger partial charge on any atom is 0.407 e. The molecule has 1 fully saturated rings. The molecule has 0 spiro atoms. The third kappa shape index (κ3) is 1.58. The summed E-state index contributed by atoms with van der Waals surface area (Å²) in [5, 5.41) is 2.71. The lowest BCUT2D eigenvalue weighted by Gasteiger charge is -2.33. The lowest BCUT2D eigenvalue weighted by molar-refractivity contribution is 0.0929. The van der Waals surface area contributed by atoms with E-state index in [4.69, 9.17) is 4.74 Å². The van der Waals surface area contributed by atoms with Crippen LogP contribution in [0.25, 0.3) is 0 Å². The van der Waals surface area contributed by atoms with Gasteiger partial charge in [-0.2, -0.15) is 0 Å². The van der Waals surface area contributed by atoms with Crippen LogP contribution in [-0.2, 0) is 10.2 Å². The van der Waals surface area contributed by atoms with E-state index in [9.17, 15) is 4.79 Å².